The summed E-state index contributed by atoms with van der Waals surface area (Å²) in [7, 11) is 0. The molecule has 90 valence electrons. The summed E-state index contributed by atoms with van der Waals surface area (Å²) in [5.41, 5.74) is 0. The van der Waals surface area contributed by atoms with Crippen LogP contribution in [0.4, 0.5) is 0 Å². The second kappa shape index (κ2) is 6.22. The molecule has 0 heterocycles. The van der Waals surface area contributed by atoms with Crippen LogP contribution in [0.2, 0.25) is 0 Å². The maximum atomic E-state index is 8.93. The number of ether oxygens (including phenoxy) is 1. The first-order valence-corrected chi connectivity index (χ1v) is 6.62. The van der Waals surface area contributed by atoms with E-state index in [1.54, 1.807) is 0 Å². The Labute approximate surface area is 98.2 Å². The maximum absolute atomic E-state index is 8.93. The minimum absolute atomic E-state index is 0.00352. The third-order valence-corrected chi connectivity index (χ3v) is 3.62. The molecular weight excluding hydrogens is 200 g/mol. The lowest BCUT2D eigenvalue weighted by Crippen LogP contribution is -2.30. The molecular formula is C13H22N2O. The fourth-order valence-electron chi connectivity index (χ4n) is 2.05. The van der Waals surface area contributed by atoms with Crippen LogP contribution in [0.25, 0.3) is 0 Å². The van der Waals surface area contributed by atoms with Gasteiger partial charge in [-0.1, -0.05) is 19.3 Å². The monoisotopic (exact) mass is 222 g/mol. The van der Waals surface area contributed by atoms with Crippen molar-refractivity contribution in [3.05, 3.63) is 0 Å². The van der Waals surface area contributed by atoms with Gasteiger partial charge in [0.1, 0.15) is 0 Å². The lowest BCUT2D eigenvalue weighted by atomic mass is 9.83. The van der Waals surface area contributed by atoms with Gasteiger partial charge in [-0.25, -0.2) is 0 Å². The molecule has 0 spiro atoms. The standard InChI is InChI=1S/C13H22N2O/c14-10-13(15-12-4-5-12)7-9-16-8-6-11-2-1-3-11/h11-13,15H,1-9H2. The Morgan fingerprint density at radius 1 is 1.25 bits per heavy atom. The second-order valence-electron chi connectivity index (χ2n) is 5.11. The third kappa shape index (κ3) is 4.11. The molecule has 3 nitrogen and oxygen atoms in total. The first-order chi connectivity index (χ1) is 7.88. The van der Waals surface area contributed by atoms with Gasteiger partial charge in [0.2, 0.25) is 0 Å². The molecule has 2 fully saturated rings. The van der Waals surface area contributed by atoms with Crippen molar-refractivity contribution in [3.8, 4) is 6.07 Å². The van der Waals surface area contributed by atoms with Crippen molar-refractivity contribution in [2.75, 3.05) is 13.2 Å². The molecule has 3 heteroatoms. The predicted molar refractivity (Wildman–Crippen MR) is 63.0 cm³/mol. The van der Waals surface area contributed by atoms with Crippen LogP contribution in [0.15, 0.2) is 0 Å². The van der Waals surface area contributed by atoms with Crippen molar-refractivity contribution < 1.29 is 4.74 Å². The SMILES string of the molecule is N#CC(CCOCCC1CCC1)NC1CC1. The molecule has 2 rings (SSSR count). The van der Waals surface area contributed by atoms with E-state index in [2.05, 4.69) is 11.4 Å². The molecule has 1 N–H and O–H groups in total. The van der Waals surface area contributed by atoms with E-state index in [1.807, 2.05) is 0 Å². The molecule has 0 aromatic heterocycles. The Kier molecular flexibility index (Phi) is 4.62. The smallest absolute Gasteiger partial charge is 0.0977 e. The minimum Gasteiger partial charge on any atom is -0.381 e. The van der Waals surface area contributed by atoms with Gasteiger partial charge in [0, 0.05) is 19.3 Å². The summed E-state index contributed by atoms with van der Waals surface area (Å²) < 4.78 is 5.58. The lowest BCUT2D eigenvalue weighted by Gasteiger charge is -2.24. The van der Waals surface area contributed by atoms with Gasteiger partial charge in [-0.2, -0.15) is 5.26 Å². The van der Waals surface area contributed by atoms with E-state index >= 15 is 0 Å². The number of hydrogen-bond donors (Lipinski definition) is 1. The molecule has 0 amide bonds. The third-order valence-electron chi connectivity index (χ3n) is 3.62. The highest BCUT2D eigenvalue weighted by atomic mass is 16.5. The van der Waals surface area contributed by atoms with Gasteiger partial charge >= 0.3 is 0 Å². The molecule has 0 aliphatic heterocycles. The highest BCUT2D eigenvalue weighted by molar-refractivity contribution is 4.95. The summed E-state index contributed by atoms with van der Waals surface area (Å²) in [4.78, 5) is 0. The van der Waals surface area contributed by atoms with Gasteiger partial charge in [-0.15, -0.1) is 0 Å². The van der Waals surface area contributed by atoms with Gasteiger partial charge in [0.05, 0.1) is 12.1 Å². The first kappa shape index (κ1) is 11.9. The van der Waals surface area contributed by atoms with E-state index in [0.717, 1.165) is 25.6 Å². The average molecular weight is 222 g/mol. The van der Waals surface area contributed by atoms with Crippen molar-refractivity contribution in [1.29, 1.82) is 5.26 Å². The van der Waals surface area contributed by atoms with Gasteiger partial charge in [-0.05, 0) is 31.6 Å². The predicted octanol–water partition coefficient (Wildman–Crippen LogP) is 2.23. The lowest BCUT2D eigenvalue weighted by molar-refractivity contribution is 0.102. The number of nitriles is 1. The molecule has 0 bridgehead atoms. The van der Waals surface area contributed by atoms with Crippen LogP contribution in [-0.2, 0) is 4.74 Å². The van der Waals surface area contributed by atoms with Gasteiger partial charge in [0.25, 0.3) is 0 Å². The first-order valence-electron chi connectivity index (χ1n) is 6.62. The Bertz CT molecular complexity index is 241. The summed E-state index contributed by atoms with van der Waals surface area (Å²) in [5.74, 6) is 0.927. The van der Waals surface area contributed by atoms with Crippen LogP contribution in [0, 0.1) is 17.2 Å². The average Bonchev–Trinajstić information content (AvgIpc) is 3.02. The van der Waals surface area contributed by atoms with Gasteiger partial charge in [-0.3, -0.25) is 5.32 Å². The Morgan fingerprint density at radius 2 is 2.06 bits per heavy atom. The van der Waals surface area contributed by atoms with Crippen molar-refractivity contribution in [2.24, 2.45) is 5.92 Å². The number of nitrogens with zero attached hydrogens (tertiary/aromatic N) is 1. The number of nitrogens with one attached hydrogen (secondary N) is 1. The number of hydrogen-bond acceptors (Lipinski definition) is 3. The van der Waals surface area contributed by atoms with E-state index in [0.29, 0.717) is 6.04 Å². The topological polar surface area (TPSA) is 45.0 Å². The van der Waals surface area contributed by atoms with Crippen LogP contribution in [0.1, 0.15) is 44.9 Å². The van der Waals surface area contributed by atoms with E-state index < -0.39 is 0 Å². The molecule has 2 saturated carbocycles. The van der Waals surface area contributed by atoms with Crippen LogP contribution in [0.5, 0.6) is 0 Å². The van der Waals surface area contributed by atoms with E-state index in [1.165, 1.54) is 38.5 Å². The summed E-state index contributed by atoms with van der Waals surface area (Å²) in [6.45, 7) is 1.61. The molecule has 16 heavy (non-hydrogen) atoms. The fraction of sp³-hybridized carbons (Fsp3) is 0.923. The summed E-state index contributed by atoms with van der Waals surface area (Å²) >= 11 is 0. The molecule has 1 atom stereocenters. The van der Waals surface area contributed by atoms with Crippen molar-refractivity contribution in [3.63, 3.8) is 0 Å². The zero-order valence-electron chi connectivity index (χ0n) is 9.95. The summed E-state index contributed by atoms with van der Waals surface area (Å²) in [6.07, 6.45) is 8.72. The van der Waals surface area contributed by atoms with Crippen LogP contribution in [0.3, 0.4) is 0 Å². The fourth-order valence-corrected chi connectivity index (χ4v) is 2.05. The van der Waals surface area contributed by atoms with E-state index in [-0.39, 0.29) is 6.04 Å². The van der Waals surface area contributed by atoms with Crippen molar-refractivity contribution >= 4 is 0 Å². The quantitative estimate of drug-likeness (QED) is 0.640. The van der Waals surface area contributed by atoms with Crippen LogP contribution in [-0.4, -0.2) is 25.3 Å². The minimum atomic E-state index is -0.00352. The maximum Gasteiger partial charge on any atom is 0.0977 e. The largest absolute Gasteiger partial charge is 0.381 e. The molecule has 0 radical (unpaired) electrons. The van der Waals surface area contributed by atoms with Crippen molar-refractivity contribution in [2.45, 2.75) is 57.0 Å². The van der Waals surface area contributed by atoms with Gasteiger partial charge in [0.15, 0.2) is 0 Å². The zero-order valence-corrected chi connectivity index (χ0v) is 9.95. The number of rotatable bonds is 8. The van der Waals surface area contributed by atoms with Crippen LogP contribution >= 0.6 is 0 Å². The summed E-state index contributed by atoms with van der Waals surface area (Å²) in [5, 5.41) is 12.2. The Morgan fingerprint density at radius 3 is 2.62 bits per heavy atom. The molecule has 0 aromatic rings. The highest BCUT2D eigenvalue weighted by Crippen LogP contribution is 2.29. The second-order valence-corrected chi connectivity index (χ2v) is 5.11. The Hall–Kier alpha value is -0.590. The normalized spacial score (nSPS) is 22.4. The summed E-state index contributed by atoms with van der Waals surface area (Å²) in [6, 6.07) is 2.91. The zero-order chi connectivity index (χ0) is 11.2. The highest BCUT2D eigenvalue weighted by Gasteiger charge is 2.24. The molecule has 2 aliphatic carbocycles. The van der Waals surface area contributed by atoms with E-state index in [4.69, 9.17) is 10.00 Å². The van der Waals surface area contributed by atoms with Crippen LogP contribution < -0.4 is 5.32 Å². The van der Waals surface area contributed by atoms with Crippen molar-refractivity contribution in [1.82, 2.24) is 5.32 Å². The molecule has 0 saturated heterocycles. The molecule has 1 unspecified atom stereocenters. The molecule has 2 aliphatic rings. The molecule has 0 aromatic carbocycles. The Balaban J connectivity index is 1.44. The van der Waals surface area contributed by atoms with E-state index in [9.17, 15) is 0 Å². The van der Waals surface area contributed by atoms with Gasteiger partial charge < -0.3 is 4.74 Å².